The minimum absolute atomic E-state index is 0.851. The van der Waals surface area contributed by atoms with Crippen molar-refractivity contribution < 1.29 is 0 Å². The molecule has 1 aromatic heterocycles. The number of aromatic nitrogens is 2. The molecule has 1 heterocycles. The van der Waals surface area contributed by atoms with Crippen molar-refractivity contribution in [1.29, 1.82) is 0 Å². The van der Waals surface area contributed by atoms with Gasteiger partial charge in [0.25, 0.3) is 0 Å². The van der Waals surface area contributed by atoms with Crippen molar-refractivity contribution in [1.82, 2.24) is 9.89 Å². The van der Waals surface area contributed by atoms with E-state index in [1.165, 1.54) is 15.9 Å². The average Bonchev–Trinajstić information content (AvgIpc) is 3.30. The fraction of sp³-hybridized carbons (Fsp3) is 0. The van der Waals surface area contributed by atoms with Crippen molar-refractivity contribution in [2.75, 3.05) is 5.32 Å². The number of rotatable bonds is 6. The first-order valence-electron chi connectivity index (χ1n) is 11.9. The van der Waals surface area contributed by atoms with Crippen LogP contribution in [0.3, 0.4) is 0 Å². The predicted octanol–water partition coefficient (Wildman–Crippen LogP) is 6.72. The molecule has 0 saturated carbocycles. The zero-order valence-corrected chi connectivity index (χ0v) is 20.5. The van der Waals surface area contributed by atoms with Crippen LogP contribution in [-0.4, -0.2) is 9.89 Å². The molecule has 0 bridgehead atoms. The van der Waals surface area contributed by atoms with Crippen LogP contribution in [0, 0.1) is 0 Å². The molecule has 1 N–H and O–H groups in total. The Hall–Kier alpha value is -4.40. The molecular weight excluding hydrogens is 459 g/mol. The number of hydrogen-bond acceptors (Lipinski definition) is 3. The molecule has 4 nitrogen and oxygen atoms in total. The molecule has 0 unspecified atom stereocenters. The molecular formula is C31H25N4P. The van der Waals surface area contributed by atoms with Gasteiger partial charge in [0.1, 0.15) is 0 Å². The number of nitrogens with zero attached hydrogens (tertiary/aromatic N) is 3. The molecule has 0 fully saturated rings. The number of anilines is 2. The summed E-state index contributed by atoms with van der Waals surface area (Å²) in [4.78, 5) is 7.41. The van der Waals surface area contributed by atoms with Gasteiger partial charge in [0.2, 0.25) is 0 Å². The van der Waals surface area contributed by atoms with Gasteiger partial charge in [-0.2, -0.15) is 4.85 Å². The SMILES string of the molecule is c1ccc(Nc2c3ccccc3nn2N=P(c2ccccc2)(c2ccccc2)c2ccccc2)cc1. The van der Waals surface area contributed by atoms with Crippen molar-refractivity contribution in [2.24, 2.45) is 4.85 Å². The summed E-state index contributed by atoms with van der Waals surface area (Å²) in [5, 5.41) is 13.1. The second-order valence-corrected chi connectivity index (χ2v) is 11.5. The molecule has 0 aliphatic carbocycles. The number of fused-ring (bicyclic) bond motifs is 1. The summed E-state index contributed by atoms with van der Waals surface area (Å²) in [5.74, 6) is 0.851. The highest BCUT2D eigenvalue weighted by Crippen LogP contribution is 2.47. The smallest absolute Gasteiger partial charge is 0.162 e. The van der Waals surface area contributed by atoms with Gasteiger partial charge in [-0.05, 0) is 24.3 Å². The topological polar surface area (TPSA) is 42.2 Å². The van der Waals surface area contributed by atoms with E-state index in [2.05, 4.69) is 115 Å². The van der Waals surface area contributed by atoms with Gasteiger partial charge in [-0.3, -0.25) is 0 Å². The fourth-order valence-corrected chi connectivity index (χ4v) is 7.92. The second kappa shape index (κ2) is 9.69. The Morgan fingerprint density at radius 3 is 1.50 bits per heavy atom. The lowest BCUT2D eigenvalue weighted by Crippen LogP contribution is -2.26. The highest BCUT2D eigenvalue weighted by molar-refractivity contribution is 7.87. The van der Waals surface area contributed by atoms with E-state index < -0.39 is 7.05 Å². The first-order chi connectivity index (χ1) is 17.8. The summed E-state index contributed by atoms with van der Waals surface area (Å²) in [7, 11) is -2.48. The van der Waals surface area contributed by atoms with E-state index in [1.54, 1.807) is 0 Å². The molecule has 0 saturated heterocycles. The van der Waals surface area contributed by atoms with Gasteiger partial charge in [0.15, 0.2) is 5.82 Å². The third kappa shape index (κ3) is 4.02. The molecule has 0 aliphatic rings. The molecule has 0 spiro atoms. The monoisotopic (exact) mass is 484 g/mol. The van der Waals surface area contributed by atoms with Crippen molar-refractivity contribution in [3.63, 3.8) is 0 Å². The van der Waals surface area contributed by atoms with Crippen LogP contribution in [0.2, 0.25) is 0 Å². The lowest BCUT2D eigenvalue weighted by atomic mass is 10.2. The molecule has 0 radical (unpaired) electrons. The van der Waals surface area contributed by atoms with Crippen LogP contribution in [0.4, 0.5) is 11.5 Å². The molecule has 0 amide bonds. The Morgan fingerprint density at radius 1 is 0.528 bits per heavy atom. The quantitative estimate of drug-likeness (QED) is 0.267. The highest BCUT2D eigenvalue weighted by Gasteiger charge is 2.29. The van der Waals surface area contributed by atoms with Crippen LogP contribution >= 0.6 is 7.05 Å². The molecule has 5 aromatic carbocycles. The first-order valence-corrected chi connectivity index (χ1v) is 13.7. The zero-order chi connectivity index (χ0) is 24.2. The second-order valence-electron chi connectivity index (χ2n) is 8.48. The Labute approximate surface area is 210 Å². The molecule has 6 rings (SSSR count). The zero-order valence-electron chi connectivity index (χ0n) is 19.6. The van der Waals surface area contributed by atoms with Gasteiger partial charge in [0.05, 0.1) is 12.6 Å². The summed E-state index contributed by atoms with van der Waals surface area (Å²) in [5.41, 5.74) is 1.88. The molecule has 36 heavy (non-hydrogen) atoms. The van der Waals surface area contributed by atoms with E-state index in [4.69, 9.17) is 9.95 Å². The average molecular weight is 485 g/mol. The first kappa shape index (κ1) is 22.1. The van der Waals surface area contributed by atoms with Gasteiger partial charge in [-0.25, -0.2) is 0 Å². The Morgan fingerprint density at radius 2 is 0.972 bits per heavy atom. The van der Waals surface area contributed by atoms with Crippen LogP contribution in [0.15, 0.2) is 150 Å². The van der Waals surface area contributed by atoms with Crippen LogP contribution in [0.25, 0.3) is 10.9 Å². The van der Waals surface area contributed by atoms with Gasteiger partial charge in [-0.1, -0.05) is 121 Å². The van der Waals surface area contributed by atoms with Gasteiger partial charge in [-0.15, -0.1) is 9.89 Å². The standard InChI is InChI=1S/C31H25N4P/c1-5-15-25(16-6-1)32-31-29-23-13-14-24-30(29)33-35(31)34-36(26-17-7-2-8-18-26,27-19-9-3-10-20-27)28-21-11-4-12-22-28/h1-24,32H. The normalized spacial score (nSPS) is 11.3. The Kier molecular flexibility index (Phi) is 5.95. The maximum atomic E-state index is 5.59. The van der Waals surface area contributed by atoms with E-state index in [9.17, 15) is 0 Å². The number of nitrogens with one attached hydrogen (secondary N) is 1. The summed E-state index contributed by atoms with van der Waals surface area (Å²) in [6.07, 6.45) is 0. The summed E-state index contributed by atoms with van der Waals surface area (Å²) < 4.78 is 0. The fourth-order valence-electron chi connectivity index (χ4n) is 4.52. The van der Waals surface area contributed by atoms with Gasteiger partial charge < -0.3 is 5.32 Å². The molecule has 0 atom stereocenters. The molecule has 174 valence electrons. The lowest BCUT2D eigenvalue weighted by Gasteiger charge is -2.26. The van der Waals surface area contributed by atoms with Gasteiger partial charge >= 0.3 is 0 Å². The number of hydrogen-bond donors (Lipinski definition) is 1. The van der Waals surface area contributed by atoms with Crippen LogP contribution < -0.4 is 21.2 Å². The number of benzene rings is 5. The van der Waals surface area contributed by atoms with Crippen molar-refractivity contribution in [3.8, 4) is 0 Å². The molecule has 5 heteroatoms. The van der Waals surface area contributed by atoms with Crippen LogP contribution in [0.5, 0.6) is 0 Å². The number of para-hydroxylation sites is 1. The van der Waals surface area contributed by atoms with E-state index in [1.807, 2.05) is 41.2 Å². The molecule has 0 aliphatic heterocycles. The van der Waals surface area contributed by atoms with E-state index in [0.29, 0.717) is 0 Å². The molecule has 6 aromatic rings. The highest BCUT2D eigenvalue weighted by atomic mass is 31.2. The van der Waals surface area contributed by atoms with Crippen molar-refractivity contribution >= 4 is 45.4 Å². The van der Waals surface area contributed by atoms with E-state index in [-0.39, 0.29) is 0 Å². The maximum Gasteiger partial charge on any atom is 0.162 e. The Bertz CT molecular complexity index is 1540. The maximum absolute atomic E-state index is 5.59. The minimum Gasteiger partial charge on any atom is -0.338 e. The van der Waals surface area contributed by atoms with Gasteiger partial charge in [0, 0.05) is 27.0 Å². The van der Waals surface area contributed by atoms with E-state index >= 15 is 0 Å². The summed E-state index contributed by atoms with van der Waals surface area (Å²) >= 11 is 0. The largest absolute Gasteiger partial charge is 0.338 e. The third-order valence-corrected chi connectivity index (χ3v) is 9.78. The van der Waals surface area contributed by atoms with Crippen molar-refractivity contribution in [3.05, 3.63) is 146 Å². The Balaban J connectivity index is 1.71. The van der Waals surface area contributed by atoms with Crippen molar-refractivity contribution in [2.45, 2.75) is 0 Å². The van der Waals surface area contributed by atoms with Crippen LogP contribution in [-0.2, 0) is 0 Å². The summed E-state index contributed by atoms with van der Waals surface area (Å²) in [6, 6.07) is 50.2. The van der Waals surface area contributed by atoms with E-state index in [0.717, 1.165) is 22.4 Å². The van der Waals surface area contributed by atoms with Crippen LogP contribution in [0.1, 0.15) is 0 Å². The predicted molar refractivity (Wildman–Crippen MR) is 152 cm³/mol. The minimum atomic E-state index is -2.48. The third-order valence-electron chi connectivity index (χ3n) is 6.21. The summed E-state index contributed by atoms with van der Waals surface area (Å²) in [6.45, 7) is 0. The lowest BCUT2D eigenvalue weighted by molar-refractivity contribution is 0.772.